The third kappa shape index (κ3) is 2.15. The van der Waals surface area contributed by atoms with Crippen LogP contribution < -0.4 is 0 Å². The molecule has 1 aromatic heterocycles. The summed E-state index contributed by atoms with van der Waals surface area (Å²) in [5.74, 6) is 0. The quantitative estimate of drug-likeness (QED) is 0.714. The van der Waals surface area contributed by atoms with Gasteiger partial charge in [-0.3, -0.25) is 0 Å². The molecule has 1 heterocycles. The van der Waals surface area contributed by atoms with Gasteiger partial charge >= 0.3 is 0 Å². The maximum Gasteiger partial charge on any atom is 0.187 e. The Morgan fingerprint density at radius 2 is 2.08 bits per heavy atom. The van der Waals surface area contributed by atoms with Gasteiger partial charge in [-0.05, 0) is 11.5 Å². The molecule has 12 heavy (non-hydrogen) atoms. The molecule has 0 aliphatic heterocycles. The van der Waals surface area contributed by atoms with Crippen molar-refractivity contribution in [2.45, 2.75) is 31.1 Å². The van der Waals surface area contributed by atoms with Crippen LogP contribution in [0.1, 0.15) is 25.6 Å². The van der Waals surface area contributed by atoms with E-state index in [0.29, 0.717) is 4.90 Å². The third-order valence-electron chi connectivity index (χ3n) is 1.52. The summed E-state index contributed by atoms with van der Waals surface area (Å²) in [6, 6.07) is 1.79. The zero-order chi connectivity index (χ0) is 9.35. The molecule has 4 heteroatoms. The van der Waals surface area contributed by atoms with Crippen molar-refractivity contribution in [2.24, 2.45) is 0 Å². The summed E-state index contributed by atoms with van der Waals surface area (Å²) in [5, 5.41) is 1.73. The van der Waals surface area contributed by atoms with E-state index in [1.54, 1.807) is 11.4 Å². The number of thiophene rings is 1. The number of hydrogen-bond donors (Lipinski definition) is 1. The highest BCUT2D eigenvalue weighted by Gasteiger charge is 2.17. The van der Waals surface area contributed by atoms with Gasteiger partial charge in [0.25, 0.3) is 0 Å². The molecule has 0 fully saturated rings. The van der Waals surface area contributed by atoms with Crippen LogP contribution in [0.4, 0.5) is 0 Å². The lowest BCUT2D eigenvalue weighted by molar-refractivity contribution is 0.564. The average Bonchev–Trinajstić information content (AvgIpc) is 2.30. The van der Waals surface area contributed by atoms with Crippen LogP contribution in [0.25, 0.3) is 0 Å². The molecular weight excluding hydrogens is 192 g/mol. The predicted molar refractivity (Wildman–Crippen MR) is 52.1 cm³/mol. The minimum atomic E-state index is -1.83. The van der Waals surface area contributed by atoms with Gasteiger partial charge in [-0.25, -0.2) is 4.21 Å². The predicted octanol–water partition coefficient (Wildman–Crippen LogP) is 2.63. The fraction of sp³-hybridized carbons (Fsp3) is 0.500. The fourth-order valence-electron chi connectivity index (χ4n) is 0.804. The zero-order valence-electron chi connectivity index (χ0n) is 7.33. The minimum Gasteiger partial charge on any atom is -0.302 e. The normalized spacial score (nSPS) is 14.7. The Balaban J connectivity index is 3.00. The van der Waals surface area contributed by atoms with Crippen molar-refractivity contribution in [3.63, 3.8) is 0 Å². The highest BCUT2D eigenvalue weighted by atomic mass is 32.2. The van der Waals surface area contributed by atoms with Crippen molar-refractivity contribution >= 4 is 22.4 Å². The summed E-state index contributed by atoms with van der Waals surface area (Å²) in [6.07, 6.45) is 0. The molecule has 0 aliphatic rings. The van der Waals surface area contributed by atoms with Crippen molar-refractivity contribution in [2.75, 3.05) is 0 Å². The fourth-order valence-corrected chi connectivity index (χ4v) is 2.43. The van der Waals surface area contributed by atoms with Gasteiger partial charge in [0.2, 0.25) is 0 Å². The monoisotopic (exact) mass is 204 g/mol. The molecule has 0 radical (unpaired) electrons. The van der Waals surface area contributed by atoms with Gasteiger partial charge < -0.3 is 4.55 Å². The Labute approximate surface area is 78.9 Å². The van der Waals surface area contributed by atoms with Crippen molar-refractivity contribution in [3.05, 3.63) is 16.3 Å². The van der Waals surface area contributed by atoms with Crippen LogP contribution in [-0.4, -0.2) is 8.76 Å². The molecule has 1 aromatic rings. The summed E-state index contributed by atoms with van der Waals surface area (Å²) in [6.45, 7) is 6.26. The van der Waals surface area contributed by atoms with Crippen molar-refractivity contribution in [3.8, 4) is 0 Å². The first-order valence-corrected chi connectivity index (χ1v) is 5.60. The summed E-state index contributed by atoms with van der Waals surface area (Å²) in [4.78, 5) is 1.64. The van der Waals surface area contributed by atoms with Gasteiger partial charge in [-0.2, -0.15) is 0 Å². The second kappa shape index (κ2) is 3.28. The van der Waals surface area contributed by atoms with E-state index in [4.69, 9.17) is 4.55 Å². The lowest BCUT2D eigenvalue weighted by Gasteiger charge is -2.14. The lowest BCUT2D eigenvalue weighted by atomic mass is 9.95. The van der Waals surface area contributed by atoms with Crippen LogP contribution in [0.15, 0.2) is 16.3 Å². The van der Waals surface area contributed by atoms with E-state index < -0.39 is 11.1 Å². The molecule has 2 nitrogen and oxygen atoms in total. The van der Waals surface area contributed by atoms with E-state index in [9.17, 15) is 4.21 Å². The van der Waals surface area contributed by atoms with Gasteiger partial charge in [-0.15, -0.1) is 11.3 Å². The first-order valence-electron chi connectivity index (χ1n) is 3.61. The van der Waals surface area contributed by atoms with E-state index in [2.05, 4.69) is 20.8 Å². The topological polar surface area (TPSA) is 37.3 Å². The van der Waals surface area contributed by atoms with Crippen molar-refractivity contribution in [1.82, 2.24) is 0 Å². The molecule has 1 rings (SSSR count). The molecule has 1 unspecified atom stereocenters. The maximum absolute atomic E-state index is 10.7. The Morgan fingerprint density at radius 1 is 1.50 bits per heavy atom. The molecule has 0 bridgehead atoms. The van der Waals surface area contributed by atoms with Gasteiger partial charge in [0.15, 0.2) is 11.1 Å². The molecule has 0 spiro atoms. The lowest BCUT2D eigenvalue weighted by Crippen LogP contribution is -2.08. The van der Waals surface area contributed by atoms with Gasteiger partial charge in [0, 0.05) is 10.3 Å². The molecule has 1 N–H and O–H groups in total. The van der Waals surface area contributed by atoms with E-state index in [1.807, 2.05) is 0 Å². The highest BCUT2D eigenvalue weighted by Crippen LogP contribution is 2.29. The van der Waals surface area contributed by atoms with E-state index >= 15 is 0 Å². The van der Waals surface area contributed by atoms with Crippen molar-refractivity contribution in [1.29, 1.82) is 0 Å². The molecule has 0 aliphatic carbocycles. The van der Waals surface area contributed by atoms with Crippen LogP contribution in [0.3, 0.4) is 0 Å². The smallest absolute Gasteiger partial charge is 0.187 e. The van der Waals surface area contributed by atoms with Gasteiger partial charge in [-0.1, -0.05) is 20.8 Å². The standard InChI is InChI=1S/C8H12O2S2/c1-8(2,3)7-4-6(5-11-7)12(9)10/h4-5H,1-3H3,(H,9,10). The highest BCUT2D eigenvalue weighted by molar-refractivity contribution is 7.79. The molecule has 1 atom stereocenters. The van der Waals surface area contributed by atoms with Crippen LogP contribution in [0.5, 0.6) is 0 Å². The largest absolute Gasteiger partial charge is 0.302 e. The van der Waals surface area contributed by atoms with Crippen LogP contribution >= 0.6 is 11.3 Å². The van der Waals surface area contributed by atoms with E-state index in [0.717, 1.165) is 4.88 Å². The Kier molecular flexibility index (Phi) is 2.70. The van der Waals surface area contributed by atoms with Crippen LogP contribution in [-0.2, 0) is 16.5 Å². The van der Waals surface area contributed by atoms with Gasteiger partial charge in [0.05, 0.1) is 4.90 Å². The third-order valence-corrected chi connectivity index (χ3v) is 3.66. The summed E-state index contributed by atoms with van der Waals surface area (Å²) < 4.78 is 19.4. The molecule has 0 saturated heterocycles. The Morgan fingerprint density at radius 3 is 2.33 bits per heavy atom. The minimum absolute atomic E-state index is 0.0717. The van der Waals surface area contributed by atoms with E-state index in [1.165, 1.54) is 11.3 Å². The summed E-state index contributed by atoms with van der Waals surface area (Å²) in [5.41, 5.74) is 0.0717. The molecule has 0 amide bonds. The second-order valence-electron chi connectivity index (χ2n) is 3.65. The Hall–Kier alpha value is -0.190. The van der Waals surface area contributed by atoms with Crippen LogP contribution in [0.2, 0.25) is 0 Å². The molecule has 0 aromatic carbocycles. The summed E-state index contributed by atoms with van der Waals surface area (Å²) >= 11 is -0.301. The Bertz CT molecular complexity index is 296. The molecular formula is C8H12O2S2. The molecule has 68 valence electrons. The number of rotatable bonds is 1. The molecule has 0 saturated carbocycles. The summed E-state index contributed by atoms with van der Waals surface area (Å²) in [7, 11) is 0. The van der Waals surface area contributed by atoms with Crippen molar-refractivity contribution < 1.29 is 8.76 Å². The van der Waals surface area contributed by atoms with E-state index in [-0.39, 0.29) is 5.41 Å². The first-order chi connectivity index (χ1) is 5.41. The van der Waals surface area contributed by atoms with Gasteiger partial charge in [0.1, 0.15) is 0 Å². The second-order valence-corrected chi connectivity index (χ2v) is 5.53. The number of hydrogen-bond acceptors (Lipinski definition) is 2. The van der Waals surface area contributed by atoms with Crippen LogP contribution in [0, 0.1) is 0 Å². The maximum atomic E-state index is 10.7. The average molecular weight is 204 g/mol. The zero-order valence-corrected chi connectivity index (χ0v) is 8.96. The SMILES string of the molecule is CC(C)(C)c1cc(S(=O)O)cs1. The first kappa shape index (κ1) is 9.89.